The number of rotatable bonds is 1. The van der Waals surface area contributed by atoms with Crippen molar-refractivity contribution in [3.8, 4) is 0 Å². The number of nitrogens with zero attached hydrogens (tertiary/aromatic N) is 2. The van der Waals surface area contributed by atoms with Crippen molar-refractivity contribution in [1.82, 2.24) is 9.78 Å². The largest absolute Gasteiger partial charge is 0.419 e. The average molecular weight is 220 g/mol. The fourth-order valence-electron chi connectivity index (χ4n) is 1.90. The van der Waals surface area contributed by atoms with E-state index in [1.165, 1.54) is 4.68 Å². The number of aliphatic hydroxyl groups is 1. The Kier molecular flexibility index (Phi) is 2.46. The summed E-state index contributed by atoms with van der Waals surface area (Å²) in [5.74, 6) is 0. The fourth-order valence-corrected chi connectivity index (χ4v) is 1.90. The quantitative estimate of drug-likeness (QED) is 0.785. The molecule has 0 radical (unpaired) electrons. The van der Waals surface area contributed by atoms with Crippen LogP contribution in [-0.2, 0) is 6.18 Å². The van der Waals surface area contributed by atoms with Gasteiger partial charge in [0.25, 0.3) is 0 Å². The predicted molar refractivity (Wildman–Crippen MR) is 46.1 cm³/mol. The van der Waals surface area contributed by atoms with Crippen molar-refractivity contribution in [3.05, 3.63) is 18.0 Å². The zero-order valence-electron chi connectivity index (χ0n) is 7.91. The van der Waals surface area contributed by atoms with E-state index in [2.05, 4.69) is 5.10 Å². The Morgan fingerprint density at radius 3 is 2.60 bits per heavy atom. The minimum Gasteiger partial charge on any atom is -0.391 e. The molecule has 1 saturated carbocycles. The first-order valence-corrected chi connectivity index (χ1v) is 4.78. The molecule has 1 N–H and O–H groups in total. The summed E-state index contributed by atoms with van der Waals surface area (Å²) in [6, 6.07) is -0.305. The summed E-state index contributed by atoms with van der Waals surface area (Å²) in [6.07, 6.45) is -1.04. The molecule has 0 aliphatic heterocycles. The van der Waals surface area contributed by atoms with Crippen LogP contribution in [0.3, 0.4) is 0 Å². The Bertz CT molecular complexity index is 347. The van der Waals surface area contributed by atoms with Crippen LogP contribution in [0, 0.1) is 0 Å². The van der Waals surface area contributed by atoms with Gasteiger partial charge in [0.2, 0.25) is 0 Å². The molecule has 0 saturated heterocycles. The van der Waals surface area contributed by atoms with Crippen LogP contribution in [0.2, 0.25) is 0 Å². The van der Waals surface area contributed by atoms with Crippen molar-refractivity contribution in [2.45, 2.75) is 37.6 Å². The summed E-state index contributed by atoms with van der Waals surface area (Å²) in [7, 11) is 0. The lowest BCUT2D eigenvalue weighted by molar-refractivity contribution is -0.137. The maximum atomic E-state index is 12.3. The third kappa shape index (κ3) is 1.99. The number of aliphatic hydroxyl groups excluding tert-OH is 1. The SMILES string of the molecule is OC1CCCC1n1cc(C(F)(F)F)cn1. The normalized spacial score (nSPS) is 27.2. The smallest absolute Gasteiger partial charge is 0.391 e. The molecule has 6 heteroatoms. The Labute approximate surface area is 84.5 Å². The monoisotopic (exact) mass is 220 g/mol. The predicted octanol–water partition coefficient (Wildman–Crippen LogP) is 1.99. The minimum atomic E-state index is -4.36. The molecule has 2 rings (SSSR count). The molecule has 0 spiro atoms. The van der Waals surface area contributed by atoms with Crippen LogP contribution in [0.5, 0.6) is 0 Å². The number of halogens is 3. The van der Waals surface area contributed by atoms with E-state index in [9.17, 15) is 18.3 Å². The van der Waals surface area contributed by atoms with Crippen molar-refractivity contribution >= 4 is 0 Å². The van der Waals surface area contributed by atoms with Crippen molar-refractivity contribution in [2.24, 2.45) is 0 Å². The molecule has 2 unspecified atom stereocenters. The highest BCUT2D eigenvalue weighted by Gasteiger charge is 2.34. The summed E-state index contributed by atoms with van der Waals surface area (Å²) in [5.41, 5.74) is -0.762. The van der Waals surface area contributed by atoms with Crippen molar-refractivity contribution in [1.29, 1.82) is 0 Å². The highest BCUT2D eigenvalue weighted by molar-refractivity contribution is 5.09. The first-order chi connectivity index (χ1) is 6.98. The number of aromatic nitrogens is 2. The molecule has 3 nitrogen and oxygen atoms in total. The molecule has 84 valence electrons. The first-order valence-electron chi connectivity index (χ1n) is 4.78. The molecular formula is C9H11F3N2O. The highest BCUT2D eigenvalue weighted by Crippen LogP contribution is 2.33. The average Bonchev–Trinajstić information content (AvgIpc) is 2.69. The Morgan fingerprint density at radius 1 is 1.40 bits per heavy atom. The van der Waals surface area contributed by atoms with Gasteiger partial charge in [-0.3, -0.25) is 4.68 Å². The van der Waals surface area contributed by atoms with E-state index in [4.69, 9.17) is 0 Å². The minimum absolute atomic E-state index is 0.305. The maximum absolute atomic E-state index is 12.3. The second-order valence-electron chi connectivity index (χ2n) is 3.77. The number of alkyl halides is 3. The van der Waals surface area contributed by atoms with Gasteiger partial charge in [0.05, 0.1) is 23.9 Å². The Balaban J connectivity index is 2.20. The number of hydrogen-bond donors (Lipinski definition) is 1. The summed E-state index contributed by atoms with van der Waals surface area (Å²) in [4.78, 5) is 0. The lowest BCUT2D eigenvalue weighted by Crippen LogP contribution is -2.18. The topological polar surface area (TPSA) is 38.0 Å². The second kappa shape index (κ2) is 3.52. The fraction of sp³-hybridized carbons (Fsp3) is 0.667. The third-order valence-corrected chi connectivity index (χ3v) is 2.71. The van der Waals surface area contributed by atoms with E-state index in [-0.39, 0.29) is 6.04 Å². The van der Waals surface area contributed by atoms with Gasteiger partial charge in [-0.15, -0.1) is 0 Å². The molecule has 1 aliphatic carbocycles. The molecule has 1 aliphatic rings. The van der Waals surface area contributed by atoms with E-state index in [0.717, 1.165) is 18.8 Å². The third-order valence-electron chi connectivity index (χ3n) is 2.71. The van der Waals surface area contributed by atoms with Crippen LogP contribution >= 0.6 is 0 Å². The molecule has 0 aromatic carbocycles. The van der Waals surface area contributed by atoms with Crippen LogP contribution in [0.4, 0.5) is 13.2 Å². The zero-order chi connectivity index (χ0) is 11.1. The molecule has 1 aromatic rings. The van der Waals surface area contributed by atoms with Gasteiger partial charge in [0, 0.05) is 6.20 Å². The van der Waals surface area contributed by atoms with Crippen molar-refractivity contribution < 1.29 is 18.3 Å². The van der Waals surface area contributed by atoms with E-state index in [1.807, 2.05) is 0 Å². The van der Waals surface area contributed by atoms with Crippen LogP contribution in [-0.4, -0.2) is 21.0 Å². The van der Waals surface area contributed by atoms with Crippen molar-refractivity contribution in [3.63, 3.8) is 0 Å². The zero-order valence-corrected chi connectivity index (χ0v) is 7.91. The summed E-state index contributed by atoms with van der Waals surface area (Å²) in [6.45, 7) is 0. The lowest BCUT2D eigenvalue weighted by atomic mass is 10.2. The van der Waals surface area contributed by atoms with Crippen LogP contribution in [0.25, 0.3) is 0 Å². The summed E-state index contributed by atoms with van der Waals surface area (Å²) >= 11 is 0. The molecule has 1 heterocycles. The van der Waals surface area contributed by atoms with Gasteiger partial charge in [-0.1, -0.05) is 0 Å². The summed E-state index contributed by atoms with van der Waals surface area (Å²) in [5, 5.41) is 13.2. The maximum Gasteiger partial charge on any atom is 0.419 e. The molecule has 2 atom stereocenters. The summed E-state index contributed by atoms with van der Waals surface area (Å²) < 4.78 is 38.0. The Hall–Kier alpha value is -1.04. The molecule has 1 fully saturated rings. The van der Waals surface area contributed by atoms with Crippen LogP contribution in [0.15, 0.2) is 12.4 Å². The van der Waals surface area contributed by atoms with Gasteiger partial charge in [0.15, 0.2) is 0 Å². The van der Waals surface area contributed by atoms with Gasteiger partial charge in [-0.05, 0) is 19.3 Å². The molecule has 0 bridgehead atoms. The van der Waals surface area contributed by atoms with Gasteiger partial charge in [0.1, 0.15) is 0 Å². The van der Waals surface area contributed by atoms with Gasteiger partial charge in [-0.25, -0.2) is 0 Å². The van der Waals surface area contributed by atoms with E-state index in [1.54, 1.807) is 0 Å². The number of hydrogen-bond acceptors (Lipinski definition) is 2. The Morgan fingerprint density at radius 2 is 2.13 bits per heavy atom. The molecule has 0 amide bonds. The van der Waals surface area contributed by atoms with E-state index >= 15 is 0 Å². The van der Waals surface area contributed by atoms with Gasteiger partial charge in [-0.2, -0.15) is 18.3 Å². The first kappa shape index (κ1) is 10.5. The molecular weight excluding hydrogens is 209 g/mol. The second-order valence-corrected chi connectivity index (χ2v) is 3.77. The van der Waals surface area contributed by atoms with Crippen molar-refractivity contribution in [2.75, 3.05) is 0 Å². The van der Waals surface area contributed by atoms with E-state index in [0.29, 0.717) is 12.8 Å². The highest BCUT2D eigenvalue weighted by atomic mass is 19.4. The van der Waals surface area contributed by atoms with E-state index < -0.39 is 17.8 Å². The van der Waals surface area contributed by atoms with Gasteiger partial charge < -0.3 is 5.11 Å². The van der Waals surface area contributed by atoms with Crippen LogP contribution in [0.1, 0.15) is 30.9 Å². The standard InChI is InChI=1S/C9H11F3N2O/c10-9(11,12)6-4-13-14(5-6)7-2-1-3-8(7)15/h4-5,7-8,15H,1-3H2. The van der Waals surface area contributed by atoms with Crippen LogP contribution < -0.4 is 0 Å². The molecule has 1 aromatic heterocycles. The lowest BCUT2D eigenvalue weighted by Gasteiger charge is -2.14. The molecule has 15 heavy (non-hydrogen) atoms. The van der Waals surface area contributed by atoms with Gasteiger partial charge >= 0.3 is 6.18 Å².